The molecule has 0 fully saturated rings. The van der Waals surface area contributed by atoms with Crippen molar-refractivity contribution in [2.75, 3.05) is 5.32 Å². The molecule has 0 saturated heterocycles. The predicted octanol–water partition coefficient (Wildman–Crippen LogP) is 4.02. The van der Waals surface area contributed by atoms with E-state index in [1.165, 1.54) is 29.5 Å². The molecule has 2 aromatic heterocycles. The average molecular weight is 462 g/mol. The number of carbonyl (C=O) groups is 2. The first-order valence-electron chi connectivity index (χ1n) is 9.99. The van der Waals surface area contributed by atoms with Gasteiger partial charge < -0.3 is 11.1 Å². The van der Waals surface area contributed by atoms with Crippen LogP contribution in [0.15, 0.2) is 66.2 Å². The first kappa shape index (κ1) is 22.1. The Balaban J connectivity index is 1.40. The average Bonchev–Trinajstić information content (AvgIpc) is 3.41. The maximum atomic E-state index is 13.2. The third-order valence-corrected chi connectivity index (χ3v) is 5.73. The molecule has 166 valence electrons. The monoisotopic (exact) mass is 461 g/mol. The van der Waals surface area contributed by atoms with Crippen LogP contribution in [0.3, 0.4) is 0 Å². The molecule has 2 aromatic carbocycles. The van der Waals surface area contributed by atoms with Gasteiger partial charge in [-0.1, -0.05) is 12.1 Å². The van der Waals surface area contributed by atoms with Gasteiger partial charge in [0.2, 0.25) is 5.91 Å². The number of aromatic nitrogens is 3. The highest BCUT2D eigenvalue weighted by Gasteiger charge is 2.10. The molecule has 0 unspecified atom stereocenters. The topological polar surface area (TPSA) is 103 Å². The fourth-order valence-corrected chi connectivity index (χ4v) is 4.09. The van der Waals surface area contributed by atoms with Gasteiger partial charge in [0.05, 0.1) is 16.9 Å². The second-order valence-corrected chi connectivity index (χ2v) is 8.21. The Kier molecular flexibility index (Phi) is 6.41. The number of primary amides is 1. The molecule has 0 saturated carbocycles. The normalized spacial score (nSPS) is 11.1. The lowest BCUT2D eigenvalue weighted by Crippen LogP contribution is -2.11. The van der Waals surface area contributed by atoms with Gasteiger partial charge in [-0.15, -0.1) is 11.3 Å². The van der Waals surface area contributed by atoms with Gasteiger partial charge in [-0.25, -0.2) is 9.37 Å². The Hall–Kier alpha value is -4.11. The summed E-state index contributed by atoms with van der Waals surface area (Å²) in [5.74, 6) is -1.15. The van der Waals surface area contributed by atoms with Gasteiger partial charge in [-0.2, -0.15) is 5.10 Å². The molecule has 0 aliphatic carbocycles. The summed E-state index contributed by atoms with van der Waals surface area (Å²) in [6.07, 6.45) is 5.33. The molecule has 33 heavy (non-hydrogen) atoms. The van der Waals surface area contributed by atoms with E-state index >= 15 is 0 Å². The standard InChI is InChI=1S/C24H20FN5O2S/c1-30-23(16-4-7-18(25)8-5-16)17(13-27-30)6-11-21(31)28-19-9-2-15(3-10-19)12-22-29-20(14-33-22)24(26)32/h2-11,13-14H,12H2,1H3,(H2,26,32)(H,28,31). The summed E-state index contributed by atoms with van der Waals surface area (Å²) in [4.78, 5) is 27.8. The highest BCUT2D eigenvalue weighted by atomic mass is 32.1. The number of hydrogen-bond acceptors (Lipinski definition) is 5. The molecule has 0 atom stereocenters. The Bertz CT molecular complexity index is 1320. The lowest BCUT2D eigenvalue weighted by Gasteiger charge is -2.05. The lowest BCUT2D eigenvalue weighted by molar-refractivity contribution is -0.111. The summed E-state index contributed by atoms with van der Waals surface area (Å²) in [5.41, 5.74) is 9.47. The molecule has 2 heterocycles. The van der Waals surface area contributed by atoms with Crippen LogP contribution in [-0.4, -0.2) is 26.6 Å². The van der Waals surface area contributed by atoms with E-state index in [9.17, 15) is 14.0 Å². The van der Waals surface area contributed by atoms with Gasteiger partial charge in [0.15, 0.2) is 0 Å². The Labute approximate surface area is 193 Å². The van der Waals surface area contributed by atoms with E-state index in [-0.39, 0.29) is 17.4 Å². The molecule has 2 amide bonds. The first-order valence-corrected chi connectivity index (χ1v) is 10.9. The van der Waals surface area contributed by atoms with E-state index in [0.29, 0.717) is 12.1 Å². The number of benzene rings is 2. The third kappa shape index (κ3) is 5.39. The van der Waals surface area contributed by atoms with Gasteiger partial charge in [-0.3, -0.25) is 14.3 Å². The van der Waals surface area contributed by atoms with Crippen molar-refractivity contribution in [3.63, 3.8) is 0 Å². The van der Waals surface area contributed by atoms with Gasteiger partial charge in [0, 0.05) is 41.7 Å². The highest BCUT2D eigenvalue weighted by Crippen LogP contribution is 2.24. The molecule has 4 rings (SSSR count). The zero-order valence-corrected chi connectivity index (χ0v) is 18.5. The second kappa shape index (κ2) is 9.58. The van der Waals surface area contributed by atoms with Crippen molar-refractivity contribution in [1.82, 2.24) is 14.8 Å². The summed E-state index contributed by atoms with van der Waals surface area (Å²) in [5, 5.41) is 9.49. The largest absolute Gasteiger partial charge is 0.364 e. The molecular formula is C24H20FN5O2S. The Morgan fingerprint density at radius 1 is 1.15 bits per heavy atom. The van der Waals surface area contributed by atoms with Crippen LogP contribution >= 0.6 is 11.3 Å². The van der Waals surface area contributed by atoms with Gasteiger partial charge in [0.25, 0.3) is 5.91 Å². The van der Waals surface area contributed by atoms with Crippen LogP contribution in [-0.2, 0) is 18.3 Å². The fourth-order valence-electron chi connectivity index (χ4n) is 3.27. The molecule has 7 nitrogen and oxygen atoms in total. The van der Waals surface area contributed by atoms with Crippen molar-refractivity contribution < 1.29 is 14.0 Å². The summed E-state index contributed by atoms with van der Waals surface area (Å²) in [6, 6.07) is 13.5. The molecule has 0 aliphatic rings. The van der Waals surface area contributed by atoms with Crippen LogP contribution in [0.25, 0.3) is 17.3 Å². The summed E-state index contributed by atoms with van der Waals surface area (Å²) in [6.45, 7) is 0. The number of amides is 2. The molecule has 0 radical (unpaired) electrons. The number of nitrogens with one attached hydrogen (secondary N) is 1. The molecule has 9 heteroatoms. The summed E-state index contributed by atoms with van der Waals surface area (Å²) < 4.78 is 14.9. The minimum absolute atomic E-state index is 0.266. The van der Waals surface area contributed by atoms with Crippen LogP contribution in [0.5, 0.6) is 0 Å². The van der Waals surface area contributed by atoms with E-state index in [1.807, 2.05) is 12.1 Å². The van der Waals surface area contributed by atoms with Crippen molar-refractivity contribution >= 4 is 34.9 Å². The van der Waals surface area contributed by atoms with Crippen molar-refractivity contribution in [2.24, 2.45) is 12.8 Å². The molecular weight excluding hydrogens is 441 g/mol. The smallest absolute Gasteiger partial charge is 0.268 e. The van der Waals surface area contributed by atoms with E-state index in [1.54, 1.807) is 53.6 Å². The number of carbonyl (C=O) groups excluding carboxylic acids is 2. The van der Waals surface area contributed by atoms with Crippen molar-refractivity contribution in [2.45, 2.75) is 6.42 Å². The second-order valence-electron chi connectivity index (χ2n) is 7.27. The SMILES string of the molecule is Cn1ncc(C=CC(=O)Nc2ccc(Cc3nc(C(N)=O)cs3)cc2)c1-c1ccc(F)cc1. The van der Waals surface area contributed by atoms with Gasteiger partial charge in [-0.05, 0) is 48.0 Å². The summed E-state index contributed by atoms with van der Waals surface area (Å²) >= 11 is 1.38. The minimum atomic E-state index is -0.542. The Morgan fingerprint density at radius 3 is 2.55 bits per heavy atom. The van der Waals surface area contributed by atoms with E-state index in [2.05, 4.69) is 15.4 Å². The highest BCUT2D eigenvalue weighted by molar-refractivity contribution is 7.09. The molecule has 0 spiro atoms. The van der Waals surface area contributed by atoms with Crippen LogP contribution in [0.4, 0.5) is 10.1 Å². The zero-order valence-electron chi connectivity index (χ0n) is 17.7. The van der Waals surface area contributed by atoms with Crippen molar-refractivity contribution in [3.8, 4) is 11.3 Å². The molecule has 3 N–H and O–H groups in total. The minimum Gasteiger partial charge on any atom is -0.364 e. The van der Waals surface area contributed by atoms with Crippen molar-refractivity contribution in [1.29, 1.82) is 0 Å². The number of thiazole rings is 1. The number of rotatable bonds is 7. The third-order valence-electron chi connectivity index (χ3n) is 4.88. The Morgan fingerprint density at radius 2 is 1.88 bits per heavy atom. The fraction of sp³-hybridized carbons (Fsp3) is 0.0833. The number of nitrogens with zero attached hydrogens (tertiary/aromatic N) is 3. The molecule has 0 bridgehead atoms. The predicted molar refractivity (Wildman–Crippen MR) is 126 cm³/mol. The zero-order chi connectivity index (χ0) is 23.4. The van der Waals surface area contributed by atoms with E-state index in [4.69, 9.17) is 5.73 Å². The first-order chi connectivity index (χ1) is 15.9. The molecule has 4 aromatic rings. The number of halogens is 1. The van der Waals surface area contributed by atoms with E-state index < -0.39 is 5.91 Å². The summed E-state index contributed by atoms with van der Waals surface area (Å²) in [7, 11) is 1.79. The number of aryl methyl sites for hydroxylation is 1. The van der Waals surface area contributed by atoms with E-state index in [0.717, 1.165) is 27.4 Å². The van der Waals surface area contributed by atoms with Crippen LogP contribution in [0.2, 0.25) is 0 Å². The number of nitrogens with two attached hydrogens (primary N) is 1. The van der Waals surface area contributed by atoms with Gasteiger partial charge >= 0.3 is 0 Å². The van der Waals surface area contributed by atoms with Crippen LogP contribution in [0.1, 0.15) is 26.6 Å². The van der Waals surface area contributed by atoms with Gasteiger partial charge in [0.1, 0.15) is 11.5 Å². The van der Waals surface area contributed by atoms with Crippen LogP contribution < -0.4 is 11.1 Å². The number of hydrogen-bond donors (Lipinski definition) is 2. The maximum absolute atomic E-state index is 13.2. The quantitative estimate of drug-likeness (QED) is 0.406. The van der Waals surface area contributed by atoms with Crippen molar-refractivity contribution in [3.05, 3.63) is 93.8 Å². The maximum Gasteiger partial charge on any atom is 0.268 e. The molecule has 0 aliphatic heterocycles. The lowest BCUT2D eigenvalue weighted by atomic mass is 10.1. The van der Waals surface area contributed by atoms with Crippen LogP contribution in [0, 0.1) is 5.82 Å². The number of anilines is 1.